The topological polar surface area (TPSA) is 36.0 Å². The van der Waals surface area contributed by atoms with E-state index in [0.717, 1.165) is 0 Å². The standard InChI is InChI=1S/C5H3Cl2NO.Na/c6-3-1-2-4(9)8-5(3)7;/h1-2H,(H,8,9);/q;+1/p-1. The van der Waals surface area contributed by atoms with Gasteiger partial charge in [0.05, 0.1) is 5.02 Å². The summed E-state index contributed by atoms with van der Waals surface area (Å²) in [6, 6.07) is 2.67. The molecule has 10 heavy (non-hydrogen) atoms. The van der Waals surface area contributed by atoms with Gasteiger partial charge in [-0.1, -0.05) is 23.2 Å². The Balaban J connectivity index is 0.000000810. The Morgan fingerprint density at radius 1 is 1.30 bits per heavy atom. The minimum absolute atomic E-state index is 0. The summed E-state index contributed by atoms with van der Waals surface area (Å²) in [5.41, 5.74) is 0. The van der Waals surface area contributed by atoms with E-state index < -0.39 is 0 Å². The molecule has 0 unspecified atom stereocenters. The molecule has 0 bridgehead atoms. The van der Waals surface area contributed by atoms with Gasteiger partial charge in [-0.05, 0) is 18.0 Å². The van der Waals surface area contributed by atoms with Crippen molar-refractivity contribution in [3.05, 3.63) is 22.3 Å². The predicted octanol–water partition coefficient (Wildman–Crippen LogP) is -1.53. The Labute approximate surface area is 90.5 Å². The molecule has 0 radical (unpaired) electrons. The molecule has 0 atom stereocenters. The molecule has 0 N–H and O–H groups in total. The van der Waals surface area contributed by atoms with Crippen LogP contribution < -0.4 is 34.7 Å². The molecule has 0 amide bonds. The summed E-state index contributed by atoms with van der Waals surface area (Å²) in [5.74, 6) is -0.371. The van der Waals surface area contributed by atoms with E-state index in [0.29, 0.717) is 5.02 Å². The zero-order chi connectivity index (χ0) is 6.85. The molecule has 5 heteroatoms. The molecule has 0 fully saturated rings. The van der Waals surface area contributed by atoms with E-state index in [1.807, 2.05) is 0 Å². The minimum atomic E-state index is -0.371. The van der Waals surface area contributed by atoms with Gasteiger partial charge in [0.2, 0.25) is 0 Å². The SMILES string of the molecule is [Na+].[O-]c1ccc(Cl)c(Cl)n1. The first kappa shape index (κ1) is 10.5. The van der Waals surface area contributed by atoms with Crippen LogP contribution in [0.1, 0.15) is 0 Å². The summed E-state index contributed by atoms with van der Waals surface area (Å²) in [5, 5.41) is 10.7. The van der Waals surface area contributed by atoms with E-state index >= 15 is 0 Å². The summed E-state index contributed by atoms with van der Waals surface area (Å²) in [6.45, 7) is 0. The van der Waals surface area contributed by atoms with E-state index in [2.05, 4.69) is 4.98 Å². The van der Waals surface area contributed by atoms with Crippen molar-refractivity contribution in [3.63, 3.8) is 0 Å². The van der Waals surface area contributed by atoms with Crippen LogP contribution >= 0.6 is 23.2 Å². The molecule has 0 aromatic carbocycles. The van der Waals surface area contributed by atoms with E-state index in [1.165, 1.54) is 12.1 Å². The quantitative estimate of drug-likeness (QED) is 0.364. The predicted molar refractivity (Wildman–Crippen MR) is 33.7 cm³/mol. The van der Waals surface area contributed by atoms with E-state index in [1.54, 1.807) is 0 Å². The first-order chi connectivity index (χ1) is 4.20. The number of halogens is 2. The van der Waals surface area contributed by atoms with Gasteiger partial charge in [-0.15, -0.1) is 0 Å². The van der Waals surface area contributed by atoms with Gasteiger partial charge >= 0.3 is 29.6 Å². The van der Waals surface area contributed by atoms with Crippen LogP contribution in [-0.4, -0.2) is 4.98 Å². The van der Waals surface area contributed by atoms with Crippen molar-refractivity contribution in [1.29, 1.82) is 0 Å². The number of hydrogen-bond donors (Lipinski definition) is 0. The first-order valence-corrected chi connectivity index (χ1v) is 2.95. The van der Waals surface area contributed by atoms with Crippen LogP contribution in [0.15, 0.2) is 12.1 Å². The van der Waals surface area contributed by atoms with E-state index in [9.17, 15) is 5.11 Å². The molecular formula is C5H2Cl2NNaO. The van der Waals surface area contributed by atoms with Crippen LogP contribution in [0, 0.1) is 0 Å². The van der Waals surface area contributed by atoms with Crippen molar-refractivity contribution in [2.24, 2.45) is 0 Å². The van der Waals surface area contributed by atoms with Gasteiger partial charge in [-0.2, -0.15) is 0 Å². The zero-order valence-corrected chi connectivity index (χ0v) is 8.78. The fraction of sp³-hybridized carbons (Fsp3) is 0. The Kier molecular flexibility index (Phi) is 4.65. The summed E-state index contributed by atoms with van der Waals surface area (Å²) in [4.78, 5) is 3.35. The van der Waals surface area contributed by atoms with E-state index in [-0.39, 0.29) is 40.6 Å². The van der Waals surface area contributed by atoms with Crippen LogP contribution in [0.3, 0.4) is 0 Å². The molecule has 0 aliphatic heterocycles. The fourth-order valence-corrected chi connectivity index (χ4v) is 0.652. The van der Waals surface area contributed by atoms with Crippen molar-refractivity contribution < 1.29 is 34.7 Å². The van der Waals surface area contributed by atoms with Gasteiger partial charge < -0.3 is 5.11 Å². The Bertz CT molecular complexity index is 231. The third-order valence-electron chi connectivity index (χ3n) is 0.778. The molecule has 0 aliphatic rings. The summed E-state index contributed by atoms with van der Waals surface area (Å²) in [7, 11) is 0. The molecule has 0 aliphatic carbocycles. The second-order valence-electron chi connectivity index (χ2n) is 1.42. The first-order valence-electron chi connectivity index (χ1n) is 2.19. The Morgan fingerprint density at radius 3 is 2.30 bits per heavy atom. The molecule has 0 saturated heterocycles. The van der Waals surface area contributed by atoms with Crippen LogP contribution in [0.4, 0.5) is 0 Å². The fourth-order valence-electron chi connectivity index (χ4n) is 0.401. The van der Waals surface area contributed by atoms with Gasteiger partial charge in [0.25, 0.3) is 0 Å². The molecule has 0 saturated carbocycles. The number of pyridine rings is 1. The minimum Gasteiger partial charge on any atom is -0.859 e. The molecule has 2 nitrogen and oxygen atoms in total. The smallest absolute Gasteiger partial charge is 0.859 e. The van der Waals surface area contributed by atoms with Crippen LogP contribution in [-0.2, 0) is 0 Å². The molecule has 1 aromatic heterocycles. The van der Waals surface area contributed by atoms with Crippen LogP contribution in [0.2, 0.25) is 10.2 Å². The Morgan fingerprint density at radius 2 is 1.90 bits per heavy atom. The van der Waals surface area contributed by atoms with Crippen LogP contribution in [0.5, 0.6) is 5.88 Å². The maximum absolute atomic E-state index is 10.4. The molecule has 1 rings (SSSR count). The number of nitrogens with zero attached hydrogens (tertiary/aromatic N) is 1. The third-order valence-corrected chi connectivity index (χ3v) is 1.47. The van der Waals surface area contributed by atoms with Gasteiger partial charge in [-0.3, -0.25) is 4.98 Å². The third kappa shape index (κ3) is 2.64. The second-order valence-corrected chi connectivity index (χ2v) is 2.19. The average molecular weight is 186 g/mol. The molecular weight excluding hydrogens is 184 g/mol. The van der Waals surface area contributed by atoms with Crippen LogP contribution in [0.25, 0.3) is 0 Å². The largest absolute Gasteiger partial charge is 1.00 e. The summed E-state index contributed by atoms with van der Waals surface area (Å²) in [6.07, 6.45) is 0. The maximum atomic E-state index is 10.4. The molecule has 48 valence electrons. The molecule has 1 aromatic rings. The van der Waals surface area contributed by atoms with Crippen molar-refractivity contribution in [2.45, 2.75) is 0 Å². The Hall–Kier alpha value is 0.530. The monoisotopic (exact) mass is 185 g/mol. The van der Waals surface area contributed by atoms with Crippen molar-refractivity contribution in [2.75, 3.05) is 0 Å². The normalized spacial score (nSPS) is 8.60. The van der Waals surface area contributed by atoms with Gasteiger partial charge in [0.1, 0.15) is 5.15 Å². The molecule has 1 heterocycles. The number of aromatic nitrogens is 1. The number of rotatable bonds is 0. The van der Waals surface area contributed by atoms with Crippen molar-refractivity contribution in [1.82, 2.24) is 4.98 Å². The molecule has 0 spiro atoms. The van der Waals surface area contributed by atoms with Crippen molar-refractivity contribution in [3.8, 4) is 5.88 Å². The van der Waals surface area contributed by atoms with Crippen molar-refractivity contribution >= 4 is 23.2 Å². The summed E-state index contributed by atoms with van der Waals surface area (Å²) < 4.78 is 0. The van der Waals surface area contributed by atoms with Gasteiger partial charge in [0, 0.05) is 0 Å². The summed E-state index contributed by atoms with van der Waals surface area (Å²) >= 11 is 10.8. The number of hydrogen-bond acceptors (Lipinski definition) is 2. The van der Waals surface area contributed by atoms with Gasteiger partial charge in [-0.25, -0.2) is 0 Å². The maximum Gasteiger partial charge on any atom is 1.00 e. The second kappa shape index (κ2) is 4.42. The average Bonchev–Trinajstić information content (AvgIpc) is 1.80. The van der Waals surface area contributed by atoms with Gasteiger partial charge in [0.15, 0.2) is 0 Å². The van der Waals surface area contributed by atoms with E-state index in [4.69, 9.17) is 23.2 Å². The zero-order valence-electron chi connectivity index (χ0n) is 5.27.